The minimum atomic E-state index is -0.938. The second kappa shape index (κ2) is 9.66. The van der Waals surface area contributed by atoms with Gasteiger partial charge in [-0.2, -0.15) is 10.2 Å². The number of benzene rings is 1. The van der Waals surface area contributed by atoms with Crippen LogP contribution in [0.15, 0.2) is 59.0 Å². The van der Waals surface area contributed by atoms with Gasteiger partial charge in [-0.3, -0.25) is 18.8 Å². The van der Waals surface area contributed by atoms with E-state index in [1.807, 2.05) is 13.0 Å². The maximum Gasteiger partial charge on any atom is 0.300 e. The first kappa shape index (κ1) is 21.8. The van der Waals surface area contributed by atoms with E-state index in [1.54, 1.807) is 42.5 Å². The smallest absolute Gasteiger partial charge is 0.300 e. The Morgan fingerprint density at radius 1 is 1.27 bits per heavy atom. The van der Waals surface area contributed by atoms with E-state index in [0.29, 0.717) is 11.4 Å². The van der Waals surface area contributed by atoms with Gasteiger partial charge in [0.2, 0.25) is 5.88 Å². The Labute approximate surface area is 171 Å². The number of aromatic nitrogens is 2. The minimum Gasteiger partial charge on any atom is -0.481 e. The molecule has 3 rings (SSSR count). The lowest BCUT2D eigenvalue weighted by Crippen LogP contribution is -2.20. The molecule has 0 atom stereocenters. The molecule has 9 heteroatoms. The molecule has 0 bridgehead atoms. The highest BCUT2D eigenvalue weighted by Crippen LogP contribution is 2.24. The van der Waals surface area contributed by atoms with Gasteiger partial charge in [0.15, 0.2) is 0 Å². The fourth-order valence-corrected chi connectivity index (χ4v) is 2.38. The molecule has 152 valence electrons. The average molecular weight is 406 g/mol. The van der Waals surface area contributed by atoms with Crippen molar-refractivity contribution in [3.63, 3.8) is 0 Å². The Morgan fingerprint density at radius 3 is 2.57 bits per heavy atom. The Hall–Kier alpha value is -4.45. The standard InChI is InChI=1S/C19H14N4O3.C2H4O2/c1-12-5-4-6-14(9-12)26-18-15(10-13(11-20)17(21)24)19(25)23-8-3-2-7-16(23)22-18;1-2(3)4/h2-10H,1H3,(H2,21,24);1H3,(H,3,4). The summed E-state index contributed by atoms with van der Waals surface area (Å²) in [5, 5.41) is 16.5. The van der Waals surface area contributed by atoms with E-state index >= 15 is 0 Å². The number of nitrogens with zero attached hydrogens (tertiary/aromatic N) is 3. The number of nitrogens with two attached hydrogens (primary N) is 1. The average Bonchev–Trinajstić information content (AvgIpc) is 2.67. The van der Waals surface area contributed by atoms with Crippen molar-refractivity contribution in [3.05, 3.63) is 75.7 Å². The number of pyridine rings is 1. The minimum absolute atomic E-state index is 0.0131. The zero-order chi connectivity index (χ0) is 22.3. The molecule has 0 fully saturated rings. The van der Waals surface area contributed by atoms with E-state index in [-0.39, 0.29) is 17.0 Å². The highest BCUT2D eigenvalue weighted by atomic mass is 16.5. The molecular formula is C21H18N4O5. The molecule has 3 aromatic rings. The molecule has 0 saturated heterocycles. The van der Waals surface area contributed by atoms with Gasteiger partial charge < -0.3 is 15.6 Å². The van der Waals surface area contributed by atoms with E-state index in [4.69, 9.17) is 25.6 Å². The molecule has 0 radical (unpaired) electrons. The summed E-state index contributed by atoms with van der Waals surface area (Å²) in [7, 11) is 0. The maximum atomic E-state index is 12.8. The summed E-state index contributed by atoms with van der Waals surface area (Å²) in [6, 6.07) is 13.9. The predicted molar refractivity (Wildman–Crippen MR) is 109 cm³/mol. The Morgan fingerprint density at radius 2 is 1.97 bits per heavy atom. The van der Waals surface area contributed by atoms with E-state index in [0.717, 1.165) is 18.6 Å². The number of rotatable bonds is 4. The van der Waals surface area contributed by atoms with Crippen molar-refractivity contribution in [1.82, 2.24) is 9.38 Å². The fraction of sp³-hybridized carbons (Fsp3) is 0.0952. The van der Waals surface area contributed by atoms with Gasteiger partial charge in [-0.05, 0) is 42.8 Å². The van der Waals surface area contributed by atoms with Gasteiger partial charge in [0.05, 0.1) is 0 Å². The third-order valence-corrected chi connectivity index (χ3v) is 3.61. The summed E-state index contributed by atoms with van der Waals surface area (Å²) in [4.78, 5) is 37.5. The topological polar surface area (TPSA) is 148 Å². The quantitative estimate of drug-likeness (QED) is 0.499. The third-order valence-electron chi connectivity index (χ3n) is 3.61. The van der Waals surface area contributed by atoms with Crippen LogP contribution in [0.2, 0.25) is 0 Å². The molecule has 0 unspecified atom stereocenters. The molecular weight excluding hydrogens is 388 g/mol. The number of carbonyl (C=O) groups excluding carboxylic acids is 1. The SMILES string of the molecule is CC(=O)O.Cc1cccc(Oc2nc3ccccn3c(=O)c2C=C(C#N)C(N)=O)c1. The Bertz CT molecular complexity index is 1230. The summed E-state index contributed by atoms with van der Waals surface area (Å²) in [5.74, 6) is -1.31. The number of fused-ring (bicyclic) bond motifs is 1. The van der Waals surface area contributed by atoms with Gasteiger partial charge >= 0.3 is 0 Å². The van der Waals surface area contributed by atoms with Gasteiger partial charge in [0, 0.05) is 13.1 Å². The predicted octanol–water partition coefficient (Wildman–Crippen LogP) is 2.28. The molecule has 0 spiro atoms. The van der Waals surface area contributed by atoms with Gasteiger partial charge in [-0.15, -0.1) is 0 Å². The van der Waals surface area contributed by atoms with Crippen LogP contribution in [0.4, 0.5) is 0 Å². The van der Waals surface area contributed by atoms with Gasteiger partial charge in [-0.25, -0.2) is 0 Å². The van der Waals surface area contributed by atoms with Gasteiger partial charge in [-0.1, -0.05) is 18.2 Å². The number of nitriles is 1. The van der Waals surface area contributed by atoms with E-state index in [9.17, 15) is 9.59 Å². The number of amides is 1. The first-order valence-corrected chi connectivity index (χ1v) is 8.60. The first-order valence-electron chi connectivity index (χ1n) is 8.60. The van der Waals surface area contributed by atoms with Crippen LogP contribution in [0.1, 0.15) is 18.1 Å². The van der Waals surface area contributed by atoms with Crippen molar-refractivity contribution in [3.8, 4) is 17.7 Å². The number of hydrogen-bond acceptors (Lipinski definition) is 6. The van der Waals surface area contributed by atoms with Crippen molar-refractivity contribution in [2.24, 2.45) is 5.73 Å². The van der Waals surface area contributed by atoms with Crippen LogP contribution in [0.25, 0.3) is 11.7 Å². The Kier molecular flexibility index (Phi) is 7.03. The summed E-state index contributed by atoms with van der Waals surface area (Å²) in [6.07, 6.45) is 2.64. The second-order valence-corrected chi connectivity index (χ2v) is 6.04. The van der Waals surface area contributed by atoms with Crippen molar-refractivity contribution in [2.45, 2.75) is 13.8 Å². The molecule has 1 aromatic carbocycles. The van der Waals surface area contributed by atoms with Crippen molar-refractivity contribution < 1.29 is 19.4 Å². The maximum absolute atomic E-state index is 12.8. The molecule has 0 saturated carbocycles. The molecule has 0 aliphatic heterocycles. The molecule has 3 N–H and O–H groups in total. The lowest BCUT2D eigenvalue weighted by atomic mass is 10.2. The lowest BCUT2D eigenvalue weighted by Gasteiger charge is -2.10. The third kappa shape index (κ3) is 5.53. The van der Waals surface area contributed by atoms with Crippen molar-refractivity contribution >= 4 is 23.6 Å². The van der Waals surface area contributed by atoms with E-state index < -0.39 is 17.4 Å². The van der Waals surface area contributed by atoms with Gasteiger partial charge in [0.1, 0.15) is 28.6 Å². The van der Waals surface area contributed by atoms with Gasteiger partial charge in [0.25, 0.3) is 17.4 Å². The molecule has 0 aliphatic carbocycles. The number of primary amides is 1. The van der Waals surface area contributed by atoms with Crippen LogP contribution in [0.5, 0.6) is 11.6 Å². The number of carbonyl (C=O) groups is 2. The second-order valence-electron chi connectivity index (χ2n) is 6.04. The van der Waals surface area contributed by atoms with Crippen LogP contribution >= 0.6 is 0 Å². The number of carboxylic acids is 1. The summed E-state index contributed by atoms with van der Waals surface area (Å²) in [6.45, 7) is 2.98. The van der Waals surface area contributed by atoms with E-state index in [2.05, 4.69) is 4.98 Å². The molecule has 30 heavy (non-hydrogen) atoms. The zero-order valence-corrected chi connectivity index (χ0v) is 16.2. The summed E-state index contributed by atoms with van der Waals surface area (Å²) < 4.78 is 7.07. The number of carboxylic acid groups (broad SMARTS) is 1. The van der Waals surface area contributed by atoms with Crippen LogP contribution in [-0.4, -0.2) is 26.4 Å². The fourth-order valence-electron chi connectivity index (χ4n) is 2.38. The monoisotopic (exact) mass is 406 g/mol. The number of hydrogen-bond donors (Lipinski definition) is 2. The molecule has 2 heterocycles. The Balaban J connectivity index is 0.000000735. The largest absolute Gasteiger partial charge is 0.481 e. The first-order chi connectivity index (χ1) is 14.2. The van der Waals surface area contributed by atoms with Crippen molar-refractivity contribution in [1.29, 1.82) is 5.26 Å². The van der Waals surface area contributed by atoms with E-state index in [1.165, 1.54) is 10.6 Å². The number of aliphatic carboxylic acids is 1. The van der Waals surface area contributed by atoms with Crippen LogP contribution < -0.4 is 16.0 Å². The molecule has 2 aromatic heterocycles. The normalized spacial score (nSPS) is 10.5. The van der Waals surface area contributed by atoms with Crippen molar-refractivity contribution in [2.75, 3.05) is 0 Å². The molecule has 9 nitrogen and oxygen atoms in total. The highest BCUT2D eigenvalue weighted by Gasteiger charge is 2.16. The number of aryl methyl sites for hydroxylation is 1. The molecule has 1 amide bonds. The summed E-state index contributed by atoms with van der Waals surface area (Å²) >= 11 is 0. The van der Waals surface area contributed by atoms with Crippen LogP contribution in [0, 0.1) is 18.3 Å². The lowest BCUT2D eigenvalue weighted by molar-refractivity contribution is -0.134. The van der Waals surface area contributed by atoms with Crippen LogP contribution in [0.3, 0.4) is 0 Å². The number of ether oxygens (including phenoxy) is 1. The van der Waals surface area contributed by atoms with Crippen LogP contribution in [-0.2, 0) is 9.59 Å². The highest BCUT2D eigenvalue weighted by molar-refractivity contribution is 6.00. The molecule has 0 aliphatic rings. The zero-order valence-electron chi connectivity index (χ0n) is 16.2. The summed E-state index contributed by atoms with van der Waals surface area (Å²) in [5.41, 5.74) is 5.63.